The van der Waals surface area contributed by atoms with Crippen LogP contribution in [0.2, 0.25) is 0 Å². The van der Waals surface area contributed by atoms with Gasteiger partial charge in [-0.05, 0) is 41.5 Å². The zero-order valence-electron chi connectivity index (χ0n) is 17.1. The molecule has 0 amide bonds. The number of nitrogens with zero attached hydrogens (tertiary/aromatic N) is 2. The molecule has 1 aliphatic rings. The summed E-state index contributed by atoms with van der Waals surface area (Å²) in [6.07, 6.45) is -6.25. The summed E-state index contributed by atoms with van der Waals surface area (Å²) in [4.78, 5) is 0. The Bertz CT molecular complexity index is 1180. The van der Waals surface area contributed by atoms with Crippen LogP contribution in [0.1, 0.15) is 34.7 Å². The number of hydrogen-bond donors (Lipinski definition) is 0. The first-order valence-corrected chi connectivity index (χ1v) is 10.1. The standard InChI is InChI=1S/C25H18F6N2/c26-24(27,28)21-12-6-4-8-17(21)14-15-18-16-23(33(32-18)19-9-2-1-3-10-19)20-11-5-7-13-22(20)25(29,30)31/h1-15,23H,16H2/b15-14-/t23-/m1/s1. The second kappa shape index (κ2) is 8.77. The summed E-state index contributed by atoms with van der Waals surface area (Å²) in [6, 6.07) is 18.3. The molecule has 0 aromatic heterocycles. The van der Waals surface area contributed by atoms with Gasteiger partial charge in [-0.25, -0.2) is 0 Å². The number of alkyl halides is 6. The molecule has 0 spiro atoms. The smallest absolute Gasteiger partial charge is 0.257 e. The van der Waals surface area contributed by atoms with Crippen molar-refractivity contribution in [3.05, 3.63) is 107 Å². The van der Waals surface area contributed by atoms with Gasteiger partial charge in [-0.2, -0.15) is 31.4 Å². The van der Waals surface area contributed by atoms with Gasteiger partial charge in [-0.15, -0.1) is 0 Å². The highest BCUT2D eigenvalue weighted by Crippen LogP contribution is 2.42. The highest BCUT2D eigenvalue weighted by molar-refractivity contribution is 6.01. The van der Waals surface area contributed by atoms with Crippen LogP contribution in [-0.4, -0.2) is 5.71 Å². The molecule has 3 aromatic rings. The van der Waals surface area contributed by atoms with Crippen molar-refractivity contribution < 1.29 is 26.3 Å². The SMILES string of the molecule is FC(F)(F)c1ccccc1/C=C\C1=NN(c2ccccc2)[C@@H](c2ccccc2C(F)(F)F)C1. The van der Waals surface area contributed by atoms with Crippen molar-refractivity contribution in [3.8, 4) is 0 Å². The number of benzene rings is 3. The van der Waals surface area contributed by atoms with Crippen LogP contribution in [0.4, 0.5) is 32.0 Å². The van der Waals surface area contributed by atoms with Gasteiger partial charge < -0.3 is 0 Å². The van der Waals surface area contributed by atoms with Crippen molar-refractivity contribution in [1.29, 1.82) is 0 Å². The van der Waals surface area contributed by atoms with Crippen molar-refractivity contribution in [2.24, 2.45) is 5.10 Å². The Hall–Kier alpha value is -3.55. The minimum atomic E-state index is -4.55. The monoisotopic (exact) mass is 460 g/mol. The van der Waals surface area contributed by atoms with E-state index < -0.39 is 29.5 Å². The third-order valence-electron chi connectivity index (χ3n) is 5.30. The van der Waals surface area contributed by atoms with Gasteiger partial charge in [0.25, 0.3) is 0 Å². The number of hydrazone groups is 1. The summed E-state index contributed by atoms with van der Waals surface area (Å²) < 4.78 is 80.9. The normalized spacial score (nSPS) is 17.0. The zero-order chi connectivity index (χ0) is 23.6. The summed E-state index contributed by atoms with van der Waals surface area (Å²) in [7, 11) is 0. The highest BCUT2D eigenvalue weighted by atomic mass is 19.4. The van der Waals surface area contributed by atoms with E-state index in [1.54, 1.807) is 30.3 Å². The molecule has 1 heterocycles. The second-order valence-corrected chi connectivity index (χ2v) is 7.49. The molecular weight excluding hydrogens is 442 g/mol. The Morgan fingerprint density at radius 1 is 0.697 bits per heavy atom. The van der Waals surface area contributed by atoms with Gasteiger partial charge in [-0.1, -0.05) is 60.7 Å². The van der Waals surface area contributed by atoms with Crippen LogP contribution >= 0.6 is 0 Å². The second-order valence-electron chi connectivity index (χ2n) is 7.49. The summed E-state index contributed by atoms with van der Waals surface area (Å²) >= 11 is 0. The third-order valence-corrected chi connectivity index (χ3v) is 5.30. The van der Waals surface area contributed by atoms with E-state index in [4.69, 9.17) is 0 Å². The molecule has 1 aliphatic heterocycles. The van der Waals surface area contributed by atoms with Crippen LogP contribution in [0.25, 0.3) is 6.08 Å². The molecule has 0 saturated carbocycles. The lowest BCUT2D eigenvalue weighted by Gasteiger charge is -2.26. The Balaban J connectivity index is 1.73. The molecule has 3 aromatic carbocycles. The van der Waals surface area contributed by atoms with Crippen molar-refractivity contribution >= 4 is 17.5 Å². The molecule has 0 saturated heterocycles. The van der Waals surface area contributed by atoms with Crippen LogP contribution in [-0.2, 0) is 12.4 Å². The molecule has 8 heteroatoms. The maximum absolute atomic E-state index is 13.7. The van der Waals surface area contributed by atoms with Crippen molar-refractivity contribution in [2.45, 2.75) is 24.8 Å². The van der Waals surface area contributed by atoms with Crippen LogP contribution in [0, 0.1) is 0 Å². The summed E-state index contributed by atoms with van der Waals surface area (Å²) in [5.41, 5.74) is -0.594. The summed E-state index contributed by atoms with van der Waals surface area (Å²) in [6.45, 7) is 0. The Morgan fingerprint density at radius 2 is 1.27 bits per heavy atom. The van der Waals surface area contributed by atoms with E-state index in [-0.39, 0.29) is 17.5 Å². The molecule has 2 nitrogen and oxygen atoms in total. The molecule has 0 N–H and O–H groups in total. The highest BCUT2D eigenvalue weighted by Gasteiger charge is 2.38. The third kappa shape index (κ3) is 4.94. The van der Waals surface area contributed by atoms with Gasteiger partial charge >= 0.3 is 12.4 Å². The maximum atomic E-state index is 13.7. The molecule has 0 radical (unpaired) electrons. The van der Waals surface area contributed by atoms with Gasteiger partial charge in [-0.3, -0.25) is 5.01 Å². The van der Waals surface area contributed by atoms with Crippen LogP contribution in [0.5, 0.6) is 0 Å². The molecule has 33 heavy (non-hydrogen) atoms. The predicted octanol–water partition coefficient (Wildman–Crippen LogP) is 7.75. The summed E-state index contributed by atoms with van der Waals surface area (Å²) in [5.74, 6) is 0. The Morgan fingerprint density at radius 3 is 1.94 bits per heavy atom. The fourth-order valence-electron chi connectivity index (χ4n) is 3.83. The molecule has 0 fully saturated rings. The number of rotatable bonds is 4. The van der Waals surface area contributed by atoms with E-state index in [1.165, 1.54) is 53.6 Å². The first-order chi connectivity index (χ1) is 15.6. The fourth-order valence-corrected chi connectivity index (χ4v) is 3.83. The average Bonchev–Trinajstić information content (AvgIpc) is 3.21. The molecule has 4 rings (SSSR count). The minimum absolute atomic E-state index is 0.0434. The van der Waals surface area contributed by atoms with Crippen LogP contribution in [0.3, 0.4) is 0 Å². The number of anilines is 1. The predicted molar refractivity (Wildman–Crippen MR) is 116 cm³/mol. The van der Waals surface area contributed by atoms with Crippen molar-refractivity contribution in [1.82, 2.24) is 0 Å². The first-order valence-electron chi connectivity index (χ1n) is 10.1. The number of halogens is 6. The van der Waals surface area contributed by atoms with Crippen LogP contribution < -0.4 is 5.01 Å². The first kappa shape index (κ1) is 22.6. The fraction of sp³-hybridized carbons (Fsp3) is 0.160. The number of para-hydroxylation sites is 1. The molecule has 0 aliphatic carbocycles. The lowest BCUT2D eigenvalue weighted by Crippen LogP contribution is -2.22. The Labute approximate surface area is 186 Å². The number of allylic oxidation sites excluding steroid dienone is 1. The molecule has 1 atom stereocenters. The topological polar surface area (TPSA) is 15.6 Å². The largest absolute Gasteiger partial charge is 0.416 e. The quantitative estimate of drug-likeness (QED) is 0.364. The number of hydrogen-bond acceptors (Lipinski definition) is 2. The van der Waals surface area contributed by atoms with E-state index in [9.17, 15) is 26.3 Å². The van der Waals surface area contributed by atoms with Gasteiger partial charge in [0.05, 0.1) is 28.6 Å². The van der Waals surface area contributed by atoms with Crippen molar-refractivity contribution in [2.75, 3.05) is 5.01 Å². The zero-order valence-corrected chi connectivity index (χ0v) is 17.1. The van der Waals surface area contributed by atoms with E-state index in [0.29, 0.717) is 11.4 Å². The molecule has 170 valence electrons. The molecule has 0 bridgehead atoms. The Kier molecular flexibility index (Phi) is 6.01. The lowest BCUT2D eigenvalue weighted by molar-refractivity contribution is -0.139. The van der Waals surface area contributed by atoms with Gasteiger partial charge in [0, 0.05) is 6.42 Å². The van der Waals surface area contributed by atoms with Gasteiger partial charge in [0.15, 0.2) is 0 Å². The van der Waals surface area contributed by atoms with E-state index in [1.807, 2.05) is 0 Å². The summed E-state index contributed by atoms with van der Waals surface area (Å²) in [5, 5.41) is 5.95. The molecule has 0 unspecified atom stereocenters. The maximum Gasteiger partial charge on any atom is 0.416 e. The van der Waals surface area contributed by atoms with E-state index in [0.717, 1.165) is 12.1 Å². The van der Waals surface area contributed by atoms with E-state index in [2.05, 4.69) is 5.10 Å². The van der Waals surface area contributed by atoms with E-state index >= 15 is 0 Å². The van der Waals surface area contributed by atoms with Crippen LogP contribution in [0.15, 0.2) is 90.0 Å². The van der Waals surface area contributed by atoms with Crippen molar-refractivity contribution in [3.63, 3.8) is 0 Å². The average molecular weight is 460 g/mol. The minimum Gasteiger partial charge on any atom is -0.257 e. The molecular formula is C25H18F6N2. The lowest BCUT2D eigenvalue weighted by atomic mass is 9.95. The van der Waals surface area contributed by atoms with Gasteiger partial charge in [0.2, 0.25) is 0 Å². The van der Waals surface area contributed by atoms with Gasteiger partial charge in [0.1, 0.15) is 0 Å².